The third-order valence-corrected chi connectivity index (χ3v) is 4.19. The molecule has 2 aromatic rings. The van der Waals surface area contributed by atoms with Crippen molar-refractivity contribution in [1.82, 2.24) is 0 Å². The molecule has 6 nitrogen and oxygen atoms in total. The molecule has 0 spiro atoms. The minimum absolute atomic E-state index is 0.0436. The maximum atomic E-state index is 12.3. The van der Waals surface area contributed by atoms with E-state index in [1.165, 1.54) is 14.0 Å². The number of nitrogens with two attached hydrogens (primary N) is 1. The number of ether oxygens (including phenoxy) is 1. The molecular formula is C19H23ClN3O3+. The predicted octanol–water partition coefficient (Wildman–Crippen LogP) is 2.57. The number of anilines is 2. The van der Waals surface area contributed by atoms with E-state index in [2.05, 4.69) is 10.6 Å². The molecule has 4 N–H and O–H groups in total. The summed E-state index contributed by atoms with van der Waals surface area (Å²) in [5.41, 5.74) is 2.07. The van der Waals surface area contributed by atoms with Crippen LogP contribution in [-0.2, 0) is 9.59 Å². The van der Waals surface area contributed by atoms with Crippen LogP contribution in [0.5, 0.6) is 5.75 Å². The summed E-state index contributed by atoms with van der Waals surface area (Å²) in [5.74, 6) is 0.156. The van der Waals surface area contributed by atoms with Gasteiger partial charge in [-0.2, -0.15) is 0 Å². The van der Waals surface area contributed by atoms with E-state index in [-0.39, 0.29) is 24.4 Å². The average Bonchev–Trinajstić information content (AvgIpc) is 2.60. The lowest BCUT2D eigenvalue weighted by Crippen LogP contribution is -2.86. The van der Waals surface area contributed by atoms with E-state index >= 15 is 0 Å². The molecule has 0 saturated heterocycles. The molecule has 0 aromatic heterocycles. The summed E-state index contributed by atoms with van der Waals surface area (Å²) in [6, 6.07) is 12.7. The third-order valence-electron chi connectivity index (χ3n) is 3.85. The van der Waals surface area contributed by atoms with Gasteiger partial charge < -0.3 is 20.7 Å². The second-order valence-corrected chi connectivity index (χ2v) is 6.30. The Morgan fingerprint density at radius 1 is 1.19 bits per heavy atom. The van der Waals surface area contributed by atoms with Gasteiger partial charge in [0.2, 0.25) is 5.91 Å². The molecule has 0 heterocycles. The van der Waals surface area contributed by atoms with Crippen LogP contribution >= 0.6 is 11.6 Å². The van der Waals surface area contributed by atoms with Crippen molar-refractivity contribution >= 4 is 34.8 Å². The van der Waals surface area contributed by atoms with Crippen LogP contribution in [0.4, 0.5) is 11.4 Å². The number of quaternary nitrogens is 1. The van der Waals surface area contributed by atoms with Gasteiger partial charge in [-0.1, -0.05) is 29.8 Å². The number of carbonyl (C=O) groups is 2. The maximum Gasteiger partial charge on any atom is 0.279 e. The molecule has 2 aromatic carbocycles. The van der Waals surface area contributed by atoms with Gasteiger partial charge in [0.15, 0.2) is 6.54 Å². The summed E-state index contributed by atoms with van der Waals surface area (Å²) >= 11 is 6.19. The van der Waals surface area contributed by atoms with Gasteiger partial charge in [0.1, 0.15) is 11.8 Å². The number of hydrogen-bond acceptors (Lipinski definition) is 3. The molecule has 0 saturated carbocycles. The summed E-state index contributed by atoms with van der Waals surface area (Å²) < 4.78 is 5.26. The number of carbonyl (C=O) groups excluding carboxylic acids is 2. The molecule has 0 aliphatic heterocycles. The monoisotopic (exact) mass is 376 g/mol. The number of amides is 2. The van der Waals surface area contributed by atoms with Gasteiger partial charge in [-0.3, -0.25) is 9.59 Å². The van der Waals surface area contributed by atoms with E-state index in [0.29, 0.717) is 22.1 Å². The Balaban J connectivity index is 2.00. The van der Waals surface area contributed by atoms with Gasteiger partial charge in [-0.15, -0.1) is 0 Å². The predicted molar refractivity (Wildman–Crippen MR) is 103 cm³/mol. The van der Waals surface area contributed by atoms with Gasteiger partial charge in [-0.25, -0.2) is 0 Å². The van der Waals surface area contributed by atoms with Crippen LogP contribution in [0.2, 0.25) is 5.02 Å². The Labute approximate surface area is 157 Å². The van der Waals surface area contributed by atoms with Gasteiger partial charge in [0.25, 0.3) is 5.91 Å². The van der Waals surface area contributed by atoms with Crippen molar-refractivity contribution in [3.05, 3.63) is 53.1 Å². The standard InChI is InChI=1S/C19H22ClN3O3/c1-12(15-6-4-5-7-16(15)20)21-11-19(25)23-17-10-14(22-13(2)24)8-9-18(17)26-3/h4-10,12,21H,11H2,1-3H3,(H,22,24)(H,23,25)/p+1/t12-/m1/s1. The summed E-state index contributed by atoms with van der Waals surface area (Å²) in [7, 11) is 1.52. The zero-order valence-electron chi connectivity index (χ0n) is 15.0. The highest BCUT2D eigenvalue weighted by Crippen LogP contribution is 2.27. The van der Waals surface area contributed by atoms with Gasteiger partial charge in [0, 0.05) is 23.2 Å². The quantitative estimate of drug-likeness (QED) is 0.694. The summed E-state index contributed by atoms with van der Waals surface area (Å²) in [6.45, 7) is 3.64. The van der Waals surface area contributed by atoms with E-state index < -0.39 is 0 Å². The van der Waals surface area contributed by atoms with Gasteiger partial charge in [-0.05, 0) is 31.2 Å². The Morgan fingerprint density at radius 2 is 1.92 bits per heavy atom. The lowest BCUT2D eigenvalue weighted by atomic mass is 10.1. The van der Waals surface area contributed by atoms with Crippen molar-refractivity contribution in [3.8, 4) is 5.75 Å². The molecule has 0 bridgehead atoms. The zero-order valence-corrected chi connectivity index (χ0v) is 15.8. The molecule has 0 unspecified atom stereocenters. The third kappa shape index (κ3) is 5.47. The topological polar surface area (TPSA) is 84.0 Å². The van der Waals surface area contributed by atoms with Crippen molar-refractivity contribution in [1.29, 1.82) is 0 Å². The summed E-state index contributed by atoms with van der Waals surface area (Å²) in [6.07, 6.45) is 0. The fraction of sp³-hybridized carbons (Fsp3) is 0.263. The Hall–Kier alpha value is -2.57. The van der Waals surface area contributed by atoms with Crippen molar-refractivity contribution < 1.29 is 19.6 Å². The highest BCUT2D eigenvalue weighted by atomic mass is 35.5. The van der Waals surface area contributed by atoms with Gasteiger partial charge >= 0.3 is 0 Å². The smallest absolute Gasteiger partial charge is 0.279 e. The number of benzene rings is 2. The number of rotatable bonds is 7. The summed E-state index contributed by atoms with van der Waals surface area (Å²) in [5, 5.41) is 8.08. The Bertz CT molecular complexity index is 795. The minimum Gasteiger partial charge on any atom is -0.495 e. The molecule has 2 amide bonds. The second-order valence-electron chi connectivity index (χ2n) is 5.89. The highest BCUT2D eigenvalue weighted by Gasteiger charge is 2.15. The highest BCUT2D eigenvalue weighted by molar-refractivity contribution is 6.31. The average molecular weight is 377 g/mol. The number of hydrogen-bond donors (Lipinski definition) is 3. The molecule has 26 heavy (non-hydrogen) atoms. The molecule has 1 atom stereocenters. The first-order chi connectivity index (χ1) is 12.4. The Morgan fingerprint density at radius 3 is 2.58 bits per heavy atom. The van der Waals surface area contributed by atoms with E-state index in [1.54, 1.807) is 18.2 Å². The Kier molecular flexibility index (Phi) is 7.00. The van der Waals surface area contributed by atoms with E-state index in [4.69, 9.17) is 16.3 Å². The molecule has 0 radical (unpaired) electrons. The van der Waals surface area contributed by atoms with E-state index in [9.17, 15) is 9.59 Å². The van der Waals surface area contributed by atoms with Crippen molar-refractivity contribution in [3.63, 3.8) is 0 Å². The molecule has 7 heteroatoms. The van der Waals surface area contributed by atoms with Crippen LogP contribution in [0.1, 0.15) is 25.5 Å². The van der Waals surface area contributed by atoms with Crippen LogP contribution in [0.3, 0.4) is 0 Å². The first-order valence-corrected chi connectivity index (χ1v) is 8.61. The fourth-order valence-corrected chi connectivity index (χ4v) is 2.85. The normalized spacial score (nSPS) is 11.5. The molecular weight excluding hydrogens is 354 g/mol. The van der Waals surface area contributed by atoms with Crippen LogP contribution in [0, 0.1) is 0 Å². The van der Waals surface area contributed by atoms with E-state index in [0.717, 1.165) is 5.56 Å². The molecule has 138 valence electrons. The molecule has 2 rings (SSSR count). The lowest BCUT2D eigenvalue weighted by molar-refractivity contribution is -0.682. The van der Waals surface area contributed by atoms with Crippen molar-refractivity contribution in [2.45, 2.75) is 19.9 Å². The summed E-state index contributed by atoms with van der Waals surface area (Å²) in [4.78, 5) is 23.5. The zero-order chi connectivity index (χ0) is 19.1. The lowest BCUT2D eigenvalue weighted by Gasteiger charge is -2.14. The maximum absolute atomic E-state index is 12.3. The van der Waals surface area contributed by atoms with Crippen LogP contribution in [0.25, 0.3) is 0 Å². The van der Waals surface area contributed by atoms with E-state index in [1.807, 2.05) is 36.5 Å². The van der Waals surface area contributed by atoms with Crippen LogP contribution in [-0.4, -0.2) is 25.5 Å². The molecule has 0 aliphatic rings. The fourth-order valence-electron chi connectivity index (χ4n) is 2.54. The SMILES string of the molecule is COc1ccc(NC(C)=O)cc1NC(=O)C[NH2+][C@H](C)c1ccccc1Cl. The van der Waals surface area contributed by atoms with Crippen LogP contribution in [0.15, 0.2) is 42.5 Å². The molecule has 0 fully saturated rings. The second kappa shape index (κ2) is 9.22. The molecule has 0 aliphatic carbocycles. The number of halogens is 1. The van der Waals surface area contributed by atoms with Crippen LogP contribution < -0.4 is 20.7 Å². The van der Waals surface area contributed by atoms with Crippen molar-refractivity contribution in [2.75, 3.05) is 24.3 Å². The first-order valence-electron chi connectivity index (χ1n) is 8.24. The van der Waals surface area contributed by atoms with Crippen molar-refractivity contribution in [2.24, 2.45) is 0 Å². The first kappa shape index (κ1) is 19.8. The number of nitrogens with one attached hydrogen (secondary N) is 2. The number of methoxy groups -OCH3 is 1. The minimum atomic E-state index is -0.186. The van der Waals surface area contributed by atoms with Gasteiger partial charge in [0.05, 0.1) is 12.8 Å². The largest absolute Gasteiger partial charge is 0.495 e.